The molecule has 0 unspecified atom stereocenters. The summed E-state index contributed by atoms with van der Waals surface area (Å²) >= 11 is 0. The number of rotatable bonds is 8. The number of aliphatic hydroxyl groups excluding tert-OH is 3. The zero-order chi connectivity index (χ0) is 17.8. The van der Waals surface area contributed by atoms with Crippen molar-refractivity contribution in [2.75, 3.05) is 25.2 Å². The van der Waals surface area contributed by atoms with Crippen molar-refractivity contribution in [3.8, 4) is 0 Å². The summed E-state index contributed by atoms with van der Waals surface area (Å²) in [7, 11) is -8.33. The molecule has 0 amide bonds. The van der Waals surface area contributed by atoms with Gasteiger partial charge in [0.2, 0.25) is 0 Å². The van der Waals surface area contributed by atoms with Crippen molar-refractivity contribution in [2.45, 2.75) is 37.1 Å². The minimum absolute atomic E-state index is 0. The van der Waals surface area contributed by atoms with Crippen molar-refractivity contribution in [2.24, 2.45) is 0 Å². The third-order valence-corrected chi connectivity index (χ3v) is 4.24. The van der Waals surface area contributed by atoms with E-state index in [1.165, 1.54) is 0 Å². The summed E-state index contributed by atoms with van der Waals surface area (Å²) in [5, 5.41) is 28.9. The fraction of sp³-hybridized carbons (Fsp3) is 1.00. The Kier molecular flexibility index (Phi) is 10.3. The summed E-state index contributed by atoms with van der Waals surface area (Å²) in [5.41, 5.74) is 0. The molecule has 1 fully saturated rings. The average molecular weight is 402 g/mol. The molecule has 1 rings (SSSR count). The van der Waals surface area contributed by atoms with E-state index < -0.39 is 56.7 Å². The van der Waals surface area contributed by atoms with Crippen LogP contribution >= 0.6 is 0 Å². The molecule has 5 atom stereocenters. The van der Waals surface area contributed by atoms with Gasteiger partial charge in [-0.15, -0.1) is 0 Å². The molecular weight excluding hydrogens is 383 g/mol. The maximum Gasteiger partial charge on any atom is 1.00 e. The molecule has 11 nitrogen and oxygen atoms in total. The molecule has 0 spiro atoms. The van der Waals surface area contributed by atoms with E-state index in [0.717, 1.165) is 6.26 Å². The van der Waals surface area contributed by atoms with Crippen molar-refractivity contribution >= 4 is 20.2 Å². The Bertz CT molecular complexity index is 578. The van der Waals surface area contributed by atoms with Gasteiger partial charge in [-0.25, -0.2) is 8.42 Å². The molecule has 0 bridgehead atoms. The second kappa shape index (κ2) is 10.1. The molecule has 1 heterocycles. The standard InChI is InChI=1S/C10H20O11S2.Na/c1-22(14,15)20-4-2-3-19-10-9(13)8(12)7(11)6(21-10)5-23(16,17)18;/h6-13H,2-5H2,1H3,(H,16,17,18);/q;+1/p-1/t6-,7-,8+,9-,10-;/m1./s1. The number of hydrogen-bond donors (Lipinski definition) is 3. The molecule has 0 radical (unpaired) electrons. The van der Waals surface area contributed by atoms with Crippen LogP contribution in [0.4, 0.5) is 0 Å². The van der Waals surface area contributed by atoms with E-state index in [-0.39, 0.29) is 49.2 Å². The first-order valence-electron chi connectivity index (χ1n) is 6.50. The van der Waals surface area contributed by atoms with Gasteiger partial charge in [0.05, 0.1) is 35.3 Å². The van der Waals surface area contributed by atoms with E-state index in [4.69, 9.17) is 9.47 Å². The van der Waals surface area contributed by atoms with Crippen LogP contribution in [0, 0.1) is 0 Å². The normalized spacial score (nSPS) is 31.5. The van der Waals surface area contributed by atoms with Crippen LogP contribution in [0.25, 0.3) is 0 Å². The summed E-state index contributed by atoms with van der Waals surface area (Å²) in [6.45, 7) is -0.331. The van der Waals surface area contributed by atoms with Gasteiger partial charge in [-0.3, -0.25) is 4.18 Å². The summed E-state index contributed by atoms with van der Waals surface area (Å²) in [6, 6.07) is 0. The summed E-state index contributed by atoms with van der Waals surface area (Å²) in [5.74, 6) is -1.10. The second-order valence-electron chi connectivity index (χ2n) is 4.99. The molecule has 0 saturated carbocycles. The van der Waals surface area contributed by atoms with Gasteiger partial charge in [-0.2, -0.15) is 8.42 Å². The van der Waals surface area contributed by atoms with Gasteiger partial charge in [0.15, 0.2) is 6.29 Å². The molecule has 0 aromatic rings. The molecule has 0 aromatic heterocycles. The van der Waals surface area contributed by atoms with Crippen LogP contribution < -0.4 is 29.6 Å². The van der Waals surface area contributed by atoms with Crippen molar-refractivity contribution in [3.05, 3.63) is 0 Å². The maximum atomic E-state index is 10.7. The molecule has 1 aliphatic rings. The Morgan fingerprint density at radius 1 is 1.04 bits per heavy atom. The third-order valence-electron chi connectivity index (χ3n) is 2.91. The first-order valence-corrected chi connectivity index (χ1v) is 9.89. The topological polar surface area (TPSA) is 180 Å². The number of aliphatic hydroxyl groups is 3. The fourth-order valence-electron chi connectivity index (χ4n) is 1.86. The molecule has 0 aromatic carbocycles. The van der Waals surface area contributed by atoms with Crippen molar-refractivity contribution < 1.29 is 79.9 Å². The predicted molar refractivity (Wildman–Crippen MR) is 72.6 cm³/mol. The first-order chi connectivity index (χ1) is 10.4. The van der Waals surface area contributed by atoms with Crippen molar-refractivity contribution in [1.29, 1.82) is 0 Å². The van der Waals surface area contributed by atoms with Gasteiger partial charge in [-0.05, 0) is 6.42 Å². The van der Waals surface area contributed by atoms with E-state index >= 15 is 0 Å². The Labute approximate surface area is 162 Å². The van der Waals surface area contributed by atoms with Crippen molar-refractivity contribution in [1.82, 2.24) is 0 Å². The molecule has 24 heavy (non-hydrogen) atoms. The Morgan fingerprint density at radius 2 is 1.62 bits per heavy atom. The number of ether oxygens (including phenoxy) is 2. The van der Waals surface area contributed by atoms with Gasteiger partial charge >= 0.3 is 29.6 Å². The van der Waals surface area contributed by atoms with Crippen LogP contribution in [0.15, 0.2) is 0 Å². The Hall–Kier alpha value is 0.620. The van der Waals surface area contributed by atoms with Crippen LogP contribution in [0.2, 0.25) is 0 Å². The quantitative estimate of drug-likeness (QED) is 0.152. The number of hydrogen-bond acceptors (Lipinski definition) is 11. The fourth-order valence-corrected chi connectivity index (χ4v) is 2.96. The van der Waals surface area contributed by atoms with Gasteiger partial charge < -0.3 is 29.3 Å². The van der Waals surface area contributed by atoms with E-state index in [2.05, 4.69) is 4.18 Å². The summed E-state index contributed by atoms with van der Waals surface area (Å²) in [6.07, 6.45) is -7.30. The van der Waals surface area contributed by atoms with Gasteiger partial charge in [0.25, 0.3) is 10.1 Å². The van der Waals surface area contributed by atoms with Gasteiger partial charge in [0.1, 0.15) is 24.4 Å². The molecule has 138 valence electrons. The minimum atomic E-state index is -4.74. The van der Waals surface area contributed by atoms with Crippen molar-refractivity contribution in [3.63, 3.8) is 0 Å². The summed E-state index contributed by atoms with van der Waals surface area (Å²) < 4.78 is 68.1. The smallest absolute Gasteiger partial charge is 0.748 e. The summed E-state index contributed by atoms with van der Waals surface area (Å²) in [4.78, 5) is 0. The van der Waals surface area contributed by atoms with Crippen LogP contribution in [-0.4, -0.2) is 92.6 Å². The Morgan fingerprint density at radius 3 is 2.12 bits per heavy atom. The average Bonchev–Trinajstić information content (AvgIpc) is 2.38. The zero-order valence-electron chi connectivity index (χ0n) is 13.1. The monoisotopic (exact) mass is 402 g/mol. The van der Waals surface area contributed by atoms with Crippen LogP contribution in [0.5, 0.6) is 0 Å². The van der Waals surface area contributed by atoms with E-state index in [1.807, 2.05) is 0 Å². The zero-order valence-corrected chi connectivity index (χ0v) is 16.8. The molecule has 14 heteroatoms. The van der Waals surface area contributed by atoms with Crippen LogP contribution in [-0.2, 0) is 33.9 Å². The third kappa shape index (κ3) is 8.82. The molecule has 1 saturated heterocycles. The molecule has 3 N–H and O–H groups in total. The van der Waals surface area contributed by atoms with Gasteiger partial charge in [0, 0.05) is 0 Å². The predicted octanol–water partition coefficient (Wildman–Crippen LogP) is -6.27. The molecule has 1 aliphatic heterocycles. The SMILES string of the molecule is CS(=O)(=O)OCCCO[C@@H]1O[C@H](CS(=O)(=O)[O-])[C@@H](O)[C@H](O)[C@H]1O.[Na+]. The molecular formula is C10H19NaO11S2. The van der Waals surface area contributed by atoms with E-state index in [1.54, 1.807) is 0 Å². The van der Waals surface area contributed by atoms with Crippen LogP contribution in [0.3, 0.4) is 0 Å². The van der Waals surface area contributed by atoms with Crippen LogP contribution in [0.1, 0.15) is 6.42 Å². The maximum absolute atomic E-state index is 10.7. The largest absolute Gasteiger partial charge is 1.00 e. The molecule has 0 aliphatic carbocycles. The van der Waals surface area contributed by atoms with E-state index in [9.17, 15) is 36.7 Å². The second-order valence-corrected chi connectivity index (χ2v) is 8.08. The Balaban J connectivity index is 0.00000529. The first kappa shape index (κ1) is 24.6. The minimum Gasteiger partial charge on any atom is -0.748 e. The van der Waals surface area contributed by atoms with E-state index in [0.29, 0.717) is 0 Å². The van der Waals surface area contributed by atoms with Gasteiger partial charge in [-0.1, -0.05) is 0 Å².